The Balaban J connectivity index is 2.62. The Hall–Kier alpha value is -1.09. The van der Waals surface area contributed by atoms with E-state index in [9.17, 15) is 0 Å². The monoisotopic (exact) mass is 250 g/mol. The summed E-state index contributed by atoms with van der Waals surface area (Å²) in [6.07, 6.45) is 3.62. The Morgan fingerprint density at radius 1 is 1.29 bits per heavy atom. The maximum atomic E-state index is 4.01. The average Bonchev–Trinajstić information content (AvgIpc) is 2.43. The fraction of sp³-hybridized carbons (Fsp3) is 0.182. The quantitative estimate of drug-likeness (QED) is 0.761. The second kappa shape index (κ2) is 3.58. The van der Waals surface area contributed by atoms with Crippen molar-refractivity contribution < 1.29 is 0 Å². The summed E-state index contributed by atoms with van der Waals surface area (Å²) in [5.74, 6) is 0. The van der Waals surface area contributed by atoms with Crippen LogP contribution in [-0.2, 0) is 7.05 Å². The Morgan fingerprint density at radius 3 is 2.43 bits per heavy atom. The number of hydrogen-bond acceptors (Lipinski definition) is 1. The summed E-state index contributed by atoms with van der Waals surface area (Å²) >= 11 is 3.56. The van der Waals surface area contributed by atoms with E-state index in [1.807, 2.05) is 24.5 Å². The molecule has 2 rings (SSSR count). The standard InChI is InChI=1S/C11H11BrN2/c1-8-7-10(12)11(14(8)2)9-3-5-13-6-4-9/h3-7H,1-2H3. The molecule has 0 unspecified atom stereocenters. The predicted octanol–water partition coefficient (Wildman–Crippen LogP) is 3.16. The van der Waals surface area contributed by atoms with Crippen LogP contribution in [-0.4, -0.2) is 9.55 Å². The van der Waals surface area contributed by atoms with Crippen molar-refractivity contribution in [3.8, 4) is 11.3 Å². The van der Waals surface area contributed by atoms with Gasteiger partial charge in [-0.15, -0.1) is 0 Å². The lowest BCUT2D eigenvalue weighted by molar-refractivity contribution is 0.890. The van der Waals surface area contributed by atoms with Crippen molar-refractivity contribution in [1.82, 2.24) is 9.55 Å². The molecule has 14 heavy (non-hydrogen) atoms. The van der Waals surface area contributed by atoms with Gasteiger partial charge in [0.05, 0.1) is 5.69 Å². The van der Waals surface area contributed by atoms with Crippen LogP contribution in [0.3, 0.4) is 0 Å². The molecule has 0 radical (unpaired) electrons. The van der Waals surface area contributed by atoms with E-state index in [1.165, 1.54) is 17.0 Å². The van der Waals surface area contributed by atoms with Gasteiger partial charge < -0.3 is 4.57 Å². The summed E-state index contributed by atoms with van der Waals surface area (Å²) in [4.78, 5) is 4.01. The van der Waals surface area contributed by atoms with Gasteiger partial charge in [0.15, 0.2) is 0 Å². The smallest absolute Gasteiger partial charge is 0.0625 e. The first-order valence-electron chi connectivity index (χ1n) is 4.42. The van der Waals surface area contributed by atoms with Crippen molar-refractivity contribution in [3.63, 3.8) is 0 Å². The van der Waals surface area contributed by atoms with Crippen LogP contribution in [0.5, 0.6) is 0 Å². The van der Waals surface area contributed by atoms with Crippen molar-refractivity contribution in [2.75, 3.05) is 0 Å². The number of rotatable bonds is 1. The third-order valence-electron chi connectivity index (χ3n) is 2.38. The zero-order valence-corrected chi connectivity index (χ0v) is 9.75. The molecule has 0 N–H and O–H groups in total. The molecule has 0 spiro atoms. The SMILES string of the molecule is Cc1cc(Br)c(-c2ccncc2)n1C. The first-order chi connectivity index (χ1) is 6.70. The van der Waals surface area contributed by atoms with Crippen molar-refractivity contribution in [2.24, 2.45) is 7.05 Å². The molecule has 3 heteroatoms. The fourth-order valence-electron chi connectivity index (χ4n) is 1.53. The Labute approximate surface area is 91.7 Å². The first-order valence-corrected chi connectivity index (χ1v) is 5.21. The fourth-order valence-corrected chi connectivity index (χ4v) is 2.35. The molecule has 0 aliphatic heterocycles. The molecule has 0 saturated heterocycles. The van der Waals surface area contributed by atoms with Crippen molar-refractivity contribution in [3.05, 3.63) is 40.8 Å². The molecule has 0 atom stereocenters. The summed E-state index contributed by atoms with van der Waals surface area (Å²) in [5, 5.41) is 0. The Morgan fingerprint density at radius 2 is 1.93 bits per heavy atom. The number of aryl methyl sites for hydroxylation is 1. The highest BCUT2D eigenvalue weighted by Gasteiger charge is 2.09. The minimum absolute atomic E-state index is 1.13. The van der Waals surface area contributed by atoms with Gasteiger partial charge in [0, 0.05) is 35.2 Å². The average molecular weight is 251 g/mol. The minimum atomic E-state index is 1.13. The Kier molecular flexibility index (Phi) is 2.42. The van der Waals surface area contributed by atoms with Gasteiger partial charge in [-0.1, -0.05) is 0 Å². The van der Waals surface area contributed by atoms with Gasteiger partial charge in [-0.05, 0) is 41.1 Å². The predicted molar refractivity (Wildman–Crippen MR) is 61.1 cm³/mol. The number of halogens is 1. The summed E-state index contributed by atoms with van der Waals surface area (Å²) in [6, 6.07) is 6.15. The zero-order valence-electron chi connectivity index (χ0n) is 8.16. The van der Waals surface area contributed by atoms with Crippen LogP contribution >= 0.6 is 15.9 Å². The maximum Gasteiger partial charge on any atom is 0.0625 e. The number of hydrogen-bond donors (Lipinski definition) is 0. The van der Waals surface area contributed by atoms with Crippen LogP contribution in [0.15, 0.2) is 35.1 Å². The highest BCUT2D eigenvalue weighted by atomic mass is 79.9. The largest absolute Gasteiger partial charge is 0.347 e. The van der Waals surface area contributed by atoms with Crippen molar-refractivity contribution in [1.29, 1.82) is 0 Å². The molecular formula is C11H11BrN2. The van der Waals surface area contributed by atoms with E-state index >= 15 is 0 Å². The molecule has 0 saturated carbocycles. The lowest BCUT2D eigenvalue weighted by atomic mass is 10.2. The summed E-state index contributed by atoms with van der Waals surface area (Å²) in [5.41, 5.74) is 3.62. The van der Waals surface area contributed by atoms with E-state index in [4.69, 9.17) is 0 Å². The van der Waals surface area contributed by atoms with Gasteiger partial charge in [0.25, 0.3) is 0 Å². The van der Waals surface area contributed by atoms with E-state index < -0.39 is 0 Å². The zero-order chi connectivity index (χ0) is 10.1. The number of pyridine rings is 1. The third kappa shape index (κ3) is 1.48. The minimum Gasteiger partial charge on any atom is -0.347 e. The second-order valence-corrected chi connectivity index (χ2v) is 4.13. The molecule has 0 aromatic carbocycles. The topological polar surface area (TPSA) is 17.8 Å². The van der Waals surface area contributed by atoms with Gasteiger partial charge in [0.1, 0.15) is 0 Å². The highest BCUT2D eigenvalue weighted by Crippen LogP contribution is 2.30. The van der Waals surface area contributed by atoms with Crippen molar-refractivity contribution >= 4 is 15.9 Å². The number of aromatic nitrogens is 2. The number of nitrogens with zero attached hydrogens (tertiary/aromatic N) is 2. The van der Waals surface area contributed by atoms with Gasteiger partial charge in [-0.3, -0.25) is 4.98 Å². The molecule has 2 aromatic rings. The van der Waals surface area contributed by atoms with Crippen LogP contribution in [0.2, 0.25) is 0 Å². The van der Waals surface area contributed by atoms with Gasteiger partial charge in [-0.2, -0.15) is 0 Å². The lowest BCUT2D eigenvalue weighted by Gasteiger charge is -2.05. The van der Waals surface area contributed by atoms with Gasteiger partial charge in [-0.25, -0.2) is 0 Å². The van der Waals surface area contributed by atoms with E-state index in [0.717, 1.165) is 4.47 Å². The summed E-state index contributed by atoms with van der Waals surface area (Å²) in [7, 11) is 2.07. The molecule has 2 nitrogen and oxygen atoms in total. The molecule has 0 aliphatic rings. The van der Waals surface area contributed by atoms with Gasteiger partial charge in [0.2, 0.25) is 0 Å². The molecule has 0 aliphatic carbocycles. The summed E-state index contributed by atoms with van der Waals surface area (Å²) in [6.45, 7) is 2.09. The molecule has 2 heterocycles. The molecular weight excluding hydrogens is 240 g/mol. The van der Waals surface area contributed by atoms with Crippen LogP contribution in [0.25, 0.3) is 11.3 Å². The van der Waals surface area contributed by atoms with Gasteiger partial charge >= 0.3 is 0 Å². The molecule has 0 fully saturated rings. The van der Waals surface area contributed by atoms with E-state index in [1.54, 1.807) is 0 Å². The third-order valence-corrected chi connectivity index (χ3v) is 2.98. The summed E-state index contributed by atoms with van der Waals surface area (Å²) < 4.78 is 3.29. The first kappa shape index (κ1) is 9.46. The van der Waals surface area contributed by atoms with Crippen molar-refractivity contribution in [2.45, 2.75) is 6.92 Å². The molecule has 0 bridgehead atoms. The van der Waals surface area contributed by atoms with Crippen LogP contribution in [0.4, 0.5) is 0 Å². The molecule has 0 amide bonds. The van der Waals surface area contributed by atoms with Crippen LogP contribution in [0.1, 0.15) is 5.69 Å². The molecule has 72 valence electrons. The lowest BCUT2D eigenvalue weighted by Crippen LogP contribution is -1.93. The second-order valence-electron chi connectivity index (χ2n) is 3.28. The van der Waals surface area contributed by atoms with E-state index in [2.05, 4.69) is 45.5 Å². The highest BCUT2D eigenvalue weighted by molar-refractivity contribution is 9.10. The maximum absolute atomic E-state index is 4.01. The Bertz CT molecular complexity index is 446. The normalized spacial score (nSPS) is 10.5. The van der Waals surface area contributed by atoms with Crippen LogP contribution < -0.4 is 0 Å². The van der Waals surface area contributed by atoms with Crippen LogP contribution in [0, 0.1) is 6.92 Å². The van der Waals surface area contributed by atoms with E-state index in [-0.39, 0.29) is 0 Å². The van der Waals surface area contributed by atoms with E-state index in [0.29, 0.717) is 0 Å². The molecule has 2 aromatic heterocycles.